The number of benzene rings is 1. The first-order valence-corrected chi connectivity index (χ1v) is 7.46. The van der Waals surface area contributed by atoms with Gasteiger partial charge in [0.15, 0.2) is 5.75 Å². The fourth-order valence-corrected chi connectivity index (χ4v) is 2.79. The zero-order valence-electron chi connectivity index (χ0n) is 12.5. The van der Waals surface area contributed by atoms with Crippen LogP contribution in [0.25, 0.3) is 0 Å². The third kappa shape index (κ3) is 2.84. The molecule has 0 radical (unpaired) electrons. The van der Waals surface area contributed by atoms with E-state index in [1.807, 2.05) is 4.90 Å². The summed E-state index contributed by atoms with van der Waals surface area (Å²) >= 11 is 0. The van der Waals surface area contributed by atoms with E-state index in [9.17, 15) is 14.9 Å². The molecule has 7 nitrogen and oxygen atoms in total. The number of methoxy groups -OCH3 is 1. The summed E-state index contributed by atoms with van der Waals surface area (Å²) in [6.07, 6.45) is 2.05. The van der Waals surface area contributed by atoms with Crippen LogP contribution in [0.5, 0.6) is 5.75 Å². The van der Waals surface area contributed by atoms with Crippen LogP contribution in [0.2, 0.25) is 0 Å². The lowest BCUT2D eigenvalue weighted by molar-refractivity contribution is -0.385. The van der Waals surface area contributed by atoms with E-state index in [-0.39, 0.29) is 23.3 Å². The standard InChI is InChI=1S/C15H19N3O4/c1-22-14-10-12(4-5-13(14)18(20)21)16-6-8-17(9-7-16)15(19)11-2-3-11/h4-5,10-11H,2-3,6-9H2,1H3. The highest BCUT2D eigenvalue weighted by Crippen LogP contribution is 2.33. The number of piperazine rings is 1. The molecule has 0 bridgehead atoms. The highest BCUT2D eigenvalue weighted by atomic mass is 16.6. The molecular weight excluding hydrogens is 286 g/mol. The van der Waals surface area contributed by atoms with Crippen LogP contribution in [0.15, 0.2) is 18.2 Å². The highest BCUT2D eigenvalue weighted by Gasteiger charge is 2.34. The van der Waals surface area contributed by atoms with Crippen LogP contribution < -0.4 is 9.64 Å². The van der Waals surface area contributed by atoms with Crippen molar-refractivity contribution < 1.29 is 14.5 Å². The molecule has 2 fully saturated rings. The van der Waals surface area contributed by atoms with Gasteiger partial charge in [-0.25, -0.2) is 0 Å². The molecule has 1 aliphatic heterocycles. The Balaban J connectivity index is 1.68. The maximum Gasteiger partial charge on any atom is 0.311 e. The molecule has 0 N–H and O–H groups in total. The number of hydrogen-bond donors (Lipinski definition) is 0. The Labute approximate surface area is 128 Å². The van der Waals surface area contributed by atoms with Crippen molar-refractivity contribution in [1.82, 2.24) is 4.90 Å². The van der Waals surface area contributed by atoms with Gasteiger partial charge >= 0.3 is 5.69 Å². The lowest BCUT2D eigenvalue weighted by Gasteiger charge is -2.36. The zero-order chi connectivity index (χ0) is 15.7. The first-order chi connectivity index (χ1) is 10.6. The molecule has 7 heteroatoms. The summed E-state index contributed by atoms with van der Waals surface area (Å²) < 4.78 is 5.10. The highest BCUT2D eigenvalue weighted by molar-refractivity contribution is 5.81. The van der Waals surface area contributed by atoms with Gasteiger partial charge in [-0.15, -0.1) is 0 Å². The lowest BCUT2D eigenvalue weighted by Crippen LogP contribution is -2.49. The quantitative estimate of drug-likeness (QED) is 0.624. The van der Waals surface area contributed by atoms with E-state index < -0.39 is 4.92 Å². The average molecular weight is 305 g/mol. The van der Waals surface area contributed by atoms with Gasteiger partial charge in [0.2, 0.25) is 5.91 Å². The molecule has 2 aliphatic rings. The number of ether oxygens (including phenoxy) is 1. The molecule has 0 unspecified atom stereocenters. The molecule has 1 amide bonds. The van der Waals surface area contributed by atoms with Gasteiger partial charge in [-0.05, 0) is 18.9 Å². The fourth-order valence-electron chi connectivity index (χ4n) is 2.79. The van der Waals surface area contributed by atoms with Gasteiger partial charge in [-0.1, -0.05) is 0 Å². The Kier molecular flexibility index (Phi) is 3.87. The number of nitro benzene ring substituents is 1. The van der Waals surface area contributed by atoms with E-state index in [0.717, 1.165) is 31.6 Å². The number of nitro groups is 1. The number of carbonyl (C=O) groups excluding carboxylic acids is 1. The number of anilines is 1. The Morgan fingerprint density at radius 2 is 1.95 bits per heavy atom. The lowest BCUT2D eigenvalue weighted by atomic mass is 10.2. The molecule has 1 saturated heterocycles. The van der Waals surface area contributed by atoms with E-state index in [4.69, 9.17) is 4.74 Å². The van der Waals surface area contributed by atoms with Crippen LogP contribution in [-0.4, -0.2) is 49.0 Å². The second-order valence-electron chi connectivity index (χ2n) is 5.70. The van der Waals surface area contributed by atoms with Crippen LogP contribution in [-0.2, 0) is 4.79 Å². The molecule has 1 aromatic rings. The van der Waals surface area contributed by atoms with Crippen LogP contribution >= 0.6 is 0 Å². The Hall–Kier alpha value is -2.31. The monoisotopic (exact) mass is 305 g/mol. The Morgan fingerprint density at radius 1 is 1.27 bits per heavy atom. The number of carbonyl (C=O) groups is 1. The number of rotatable bonds is 4. The predicted octanol–water partition coefficient (Wildman–Crippen LogP) is 1.66. The molecule has 0 aromatic heterocycles. The molecule has 118 valence electrons. The van der Waals surface area contributed by atoms with Gasteiger partial charge in [-0.2, -0.15) is 0 Å². The molecule has 0 spiro atoms. The van der Waals surface area contributed by atoms with E-state index in [2.05, 4.69) is 4.90 Å². The average Bonchev–Trinajstić information content (AvgIpc) is 3.38. The minimum absolute atomic E-state index is 0.0335. The van der Waals surface area contributed by atoms with Gasteiger partial charge in [0, 0.05) is 49.9 Å². The third-order valence-electron chi connectivity index (χ3n) is 4.24. The largest absolute Gasteiger partial charge is 0.490 e. The summed E-state index contributed by atoms with van der Waals surface area (Å²) in [5.74, 6) is 0.797. The van der Waals surface area contributed by atoms with Crippen LogP contribution in [0.1, 0.15) is 12.8 Å². The van der Waals surface area contributed by atoms with Crippen LogP contribution in [0.3, 0.4) is 0 Å². The molecule has 22 heavy (non-hydrogen) atoms. The molecule has 1 aliphatic carbocycles. The van der Waals surface area contributed by atoms with E-state index >= 15 is 0 Å². The Morgan fingerprint density at radius 3 is 2.50 bits per heavy atom. The zero-order valence-corrected chi connectivity index (χ0v) is 12.5. The molecule has 1 aromatic carbocycles. The molecule has 1 saturated carbocycles. The number of hydrogen-bond acceptors (Lipinski definition) is 5. The Bertz CT molecular complexity index is 592. The third-order valence-corrected chi connectivity index (χ3v) is 4.24. The van der Waals surface area contributed by atoms with Gasteiger partial charge < -0.3 is 14.5 Å². The maximum absolute atomic E-state index is 12.0. The second kappa shape index (κ2) is 5.82. The summed E-state index contributed by atoms with van der Waals surface area (Å²) in [5, 5.41) is 10.9. The minimum Gasteiger partial charge on any atom is -0.490 e. The van der Waals surface area contributed by atoms with Crippen molar-refractivity contribution in [2.45, 2.75) is 12.8 Å². The number of amides is 1. The first kappa shape index (κ1) is 14.6. The van der Waals surface area contributed by atoms with Gasteiger partial charge in [0.05, 0.1) is 12.0 Å². The van der Waals surface area contributed by atoms with Crippen LogP contribution in [0, 0.1) is 16.0 Å². The summed E-state index contributed by atoms with van der Waals surface area (Å²) in [5.41, 5.74) is 0.856. The van der Waals surface area contributed by atoms with Gasteiger partial charge in [-0.3, -0.25) is 14.9 Å². The van der Waals surface area contributed by atoms with Crippen molar-refractivity contribution in [1.29, 1.82) is 0 Å². The van der Waals surface area contributed by atoms with Gasteiger partial charge in [0.1, 0.15) is 0 Å². The molecule has 3 rings (SSSR count). The van der Waals surface area contributed by atoms with Crippen molar-refractivity contribution in [3.63, 3.8) is 0 Å². The molecular formula is C15H19N3O4. The normalized spacial score (nSPS) is 18.2. The first-order valence-electron chi connectivity index (χ1n) is 7.46. The summed E-state index contributed by atoms with van der Waals surface area (Å²) in [6, 6.07) is 4.89. The van der Waals surface area contributed by atoms with E-state index in [1.54, 1.807) is 12.1 Å². The van der Waals surface area contributed by atoms with Crippen molar-refractivity contribution in [3.05, 3.63) is 28.3 Å². The molecule has 1 heterocycles. The van der Waals surface area contributed by atoms with Gasteiger partial charge in [0.25, 0.3) is 0 Å². The van der Waals surface area contributed by atoms with Crippen molar-refractivity contribution >= 4 is 17.3 Å². The minimum atomic E-state index is -0.450. The summed E-state index contributed by atoms with van der Waals surface area (Å²) in [7, 11) is 1.43. The van der Waals surface area contributed by atoms with E-state index in [1.165, 1.54) is 13.2 Å². The maximum atomic E-state index is 12.0. The SMILES string of the molecule is COc1cc(N2CCN(C(=O)C3CC3)CC2)ccc1[N+](=O)[O-]. The topological polar surface area (TPSA) is 75.9 Å². The van der Waals surface area contributed by atoms with Crippen molar-refractivity contribution in [2.75, 3.05) is 38.2 Å². The summed E-state index contributed by atoms with van der Waals surface area (Å²) in [4.78, 5) is 26.6. The predicted molar refractivity (Wildman–Crippen MR) is 81.2 cm³/mol. The number of nitrogens with zero attached hydrogens (tertiary/aromatic N) is 3. The van der Waals surface area contributed by atoms with Crippen molar-refractivity contribution in [3.8, 4) is 5.75 Å². The molecule has 0 atom stereocenters. The van der Waals surface area contributed by atoms with Crippen molar-refractivity contribution in [2.24, 2.45) is 5.92 Å². The van der Waals surface area contributed by atoms with E-state index in [0.29, 0.717) is 13.1 Å². The summed E-state index contributed by atoms with van der Waals surface area (Å²) in [6.45, 7) is 2.88. The smallest absolute Gasteiger partial charge is 0.311 e. The fraction of sp³-hybridized carbons (Fsp3) is 0.533. The van der Waals surface area contributed by atoms with Crippen LogP contribution in [0.4, 0.5) is 11.4 Å². The second-order valence-corrected chi connectivity index (χ2v) is 5.70.